The summed E-state index contributed by atoms with van der Waals surface area (Å²) >= 11 is 3.44. The summed E-state index contributed by atoms with van der Waals surface area (Å²) in [4.78, 5) is 53.6. The van der Waals surface area contributed by atoms with Crippen LogP contribution in [-0.4, -0.2) is 52.6 Å². The highest BCUT2D eigenvalue weighted by atomic mass is 79.9. The zero-order valence-corrected chi connectivity index (χ0v) is 20.4. The lowest BCUT2D eigenvalue weighted by Gasteiger charge is -2.29. The molecule has 3 rings (SSSR count). The van der Waals surface area contributed by atoms with Gasteiger partial charge in [-0.2, -0.15) is 0 Å². The summed E-state index contributed by atoms with van der Waals surface area (Å²) in [6, 6.07) is 13.7. The summed E-state index contributed by atoms with van der Waals surface area (Å²) in [5.41, 5.74) is 1.69. The van der Waals surface area contributed by atoms with Gasteiger partial charge >= 0.3 is 0 Å². The Balaban J connectivity index is 1.66. The van der Waals surface area contributed by atoms with E-state index in [1.54, 1.807) is 36.1 Å². The van der Waals surface area contributed by atoms with Gasteiger partial charge in [0.2, 0.25) is 11.8 Å². The summed E-state index contributed by atoms with van der Waals surface area (Å²) in [5.74, 6) is -1.08. The third-order valence-electron chi connectivity index (χ3n) is 5.61. The van der Waals surface area contributed by atoms with Crippen molar-refractivity contribution < 1.29 is 19.2 Å². The van der Waals surface area contributed by atoms with Crippen LogP contribution in [0.2, 0.25) is 0 Å². The number of nitrogens with zero attached hydrogens (tertiary/aromatic N) is 2. The van der Waals surface area contributed by atoms with Crippen molar-refractivity contribution in [3.63, 3.8) is 0 Å². The molecule has 8 heteroatoms. The maximum Gasteiger partial charge on any atom is 0.261 e. The quantitative estimate of drug-likeness (QED) is 0.490. The Morgan fingerprint density at radius 1 is 1.06 bits per heavy atom. The van der Waals surface area contributed by atoms with Crippen molar-refractivity contribution in [2.75, 3.05) is 13.1 Å². The Labute approximate surface area is 202 Å². The second-order valence-electron chi connectivity index (χ2n) is 8.03. The first kappa shape index (κ1) is 24.6. The van der Waals surface area contributed by atoms with Gasteiger partial charge in [0.15, 0.2) is 0 Å². The van der Waals surface area contributed by atoms with Crippen molar-refractivity contribution in [2.24, 2.45) is 0 Å². The zero-order valence-electron chi connectivity index (χ0n) is 18.8. The Bertz CT molecular complexity index is 1020. The molecule has 0 bridgehead atoms. The highest BCUT2D eigenvalue weighted by molar-refractivity contribution is 9.10. The Hall–Kier alpha value is -3.00. The molecule has 7 nitrogen and oxygen atoms in total. The molecule has 0 aliphatic carbocycles. The second kappa shape index (κ2) is 11.2. The molecule has 0 saturated carbocycles. The molecule has 0 radical (unpaired) electrons. The van der Waals surface area contributed by atoms with Crippen molar-refractivity contribution >= 4 is 39.6 Å². The van der Waals surface area contributed by atoms with E-state index >= 15 is 0 Å². The van der Waals surface area contributed by atoms with Crippen LogP contribution in [0.5, 0.6) is 0 Å². The first-order chi connectivity index (χ1) is 15.8. The lowest BCUT2D eigenvalue weighted by molar-refractivity contribution is -0.140. The maximum absolute atomic E-state index is 13.2. The van der Waals surface area contributed by atoms with Gasteiger partial charge in [0.25, 0.3) is 11.8 Å². The minimum atomic E-state index is -0.651. The van der Waals surface area contributed by atoms with E-state index in [1.165, 1.54) is 4.90 Å². The summed E-state index contributed by atoms with van der Waals surface area (Å²) in [7, 11) is 0. The van der Waals surface area contributed by atoms with E-state index in [-0.39, 0.29) is 43.1 Å². The van der Waals surface area contributed by atoms with Crippen LogP contribution >= 0.6 is 15.9 Å². The van der Waals surface area contributed by atoms with Gasteiger partial charge in [0.1, 0.15) is 6.04 Å². The molecular weight excluding hydrogens is 486 g/mol. The lowest BCUT2D eigenvalue weighted by atomic mass is 10.1. The molecular formula is C25H28BrN3O4. The monoisotopic (exact) mass is 513 g/mol. The van der Waals surface area contributed by atoms with Crippen LogP contribution in [0.4, 0.5) is 0 Å². The Morgan fingerprint density at radius 3 is 2.33 bits per heavy atom. The normalized spacial score (nSPS) is 13.6. The van der Waals surface area contributed by atoms with Crippen molar-refractivity contribution in [3.8, 4) is 0 Å². The predicted molar refractivity (Wildman–Crippen MR) is 128 cm³/mol. The molecule has 0 saturated heterocycles. The van der Waals surface area contributed by atoms with Crippen molar-refractivity contribution in [2.45, 2.75) is 45.7 Å². The van der Waals surface area contributed by atoms with E-state index in [9.17, 15) is 19.2 Å². The van der Waals surface area contributed by atoms with Crippen LogP contribution < -0.4 is 5.32 Å². The minimum absolute atomic E-state index is 0.118. The molecule has 1 unspecified atom stereocenters. The van der Waals surface area contributed by atoms with Crippen molar-refractivity contribution in [1.29, 1.82) is 0 Å². The largest absolute Gasteiger partial charge is 0.354 e. The van der Waals surface area contributed by atoms with Crippen LogP contribution in [-0.2, 0) is 16.1 Å². The van der Waals surface area contributed by atoms with E-state index in [2.05, 4.69) is 21.2 Å². The SMILES string of the molecule is CCCNC(=O)C(C)N(Cc1cccc(Br)c1)C(=O)CCCN1C(=O)c2ccccc2C1=O. The molecule has 4 amide bonds. The molecule has 0 fully saturated rings. The summed E-state index contributed by atoms with van der Waals surface area (Å²) in [6.45, 7) is 4.66. The minimum Gasteiger partial charge on any atom is -0.354 e. The molecule has 1 N–H and O–H groups in total. The first-order valence-electron chi connectivity index (χ1n) is 11.1. The smallest absolute Gasteiger partial charge is 0.261 e. The summed E-state index contributed by atoms with van der Waals surface area (Å²) in [6.07, 6.45) is 1.24. The van der Waals surface area contributed by atoms with Crippen LogP contribution in [0.25, 0.3) is 0 Å². The molecule has 1 aliphatic heterocycles. The van der Waals surface area contributed by atoms with Crippen LogP contribution in [0.1, 0.15) is 59.4 Å². The van der Waals surface area contributed by atoms with Crippen LogP contribution in [0, 0.1) is 0 Å². The third-order valence-corrected chi connectivity index (χ3v) is 6.10. The maximum atomic E-state index is 13.2. The summed E-state index contributed by atoms with van der Waals surface area (Å²) in [5, 5.41) is 2.85. The van der Waals surface area contributed by atoms with Crippen LogP contribution in [0.15, 0.2) is 53.0 Å². The van der Waals surface area contributed by atoms with Crippen molar-refractivity contribution in [3.05, 3.63) is 69.7 Å². The molecule has 2 aromatic rings. The van der Waals surface area contributed by atoms with E-state index in [4.69, 9.17) is 0 Å². The number of imide groups is 1. The lowest BCUT2D eigenvalue weighted by Crippen LogP contribution is -2.47. The highest BCUT2D eigenvalue weighted by Gasteiger charge is 2.35. The van der Waals surface area contributed by atoms with Crippen molar-refractivity contribution in [1.82, 2.24) is 15.1 Å². The molecule has 174 valence electrons. The summed E-state index contributed by atoms with van der Waals surface area (Å²) < 4.78 is 0.890. The molecule has 1 atom stereocenters. The number of benzene rings is 2. The number of amides is 4. The highest BCUT2D eigenvalue weighted by Crippen LogP contribution is 2.23. The number of carbonyl (C=O) groups excluding carboxylic acids is 4. The Morgan fingerprint density at radius 2 is 1.73 bits per heavy atom. The number of carbonyl (C=O) groups is 4. The molecule has 1 heterocycles. The molecule has 0 aromatic heterocycles. The van der Waals surface area contributed by atoms with Gasteiger partial charge in [0, 0.05) is 30.5 Å². The van der Waals surface area contributed by atoms with Gasteiger partial charge < -0.3 is 10.2 Å². The molecule has 0 spiro atoms. The second-order valence-corrected chi connectivity index (χ2v) is 8.95. The van der Waals surface area contributed by atoms with Crippen LogP contribution in [0.3, 0.4) is 0 Å². The van der Waals surface area contributed by atoms with Gasteiger partial charge in [0.05, 0.1) is 11.1 Å². The van der Waals surface area contributed by atoms with Gasteiger partial charge in [-0.05, 0) is 49.6 Å². The van der Waals surface area contributed by atoms with E-state index in [0.29, 0.717) is 24.1 Å². The topological polar surface area (TPSA) is 86.8 Å². The number of halogens is 1. The fourth-order valence-corrected chi connectivity index (χ4v) is 4.23. The van der Waals surface area contributed by atoms with Gasteiger partial charge in [-0.3, -0.25) is 24.1 Å². The van der Waals surface area contributed by atoms with E-state index in [0.717, 1.165) is 16.5 Å². The average Bonchev–Trinajstić information content (AvgIpc) is 3.05. The predicted octanol–water partition coefficient (Wildman–Crippen LogP) is 3.77. The third kappa shape index (κ3) is 5.87. The molecule has 2 aromatic carbocycles. The molecule has 1 aliphatic rings. The average molecular weight is 514 g/mol. The first-order valence-corrected chi connectivity index (χ1v) is 11.9. The number of rotatable bonds is 10. The zero-order chi connectivity index (χ0) is 24.0. The van der Waals surface area contributed by atoms with E-state index < -0.39 is 6.04 Å². The number of fused-ring (bicyclic) bond motifs is 1. The fraction of sp³-hybridized carbons (Fsp3) is 0.360. The van der Waals surface area contributed by atoms with E-state index in [1.807, 2.05) is 31.2 Å². The standard InChI is InChI=1S/C25H28BrN3O4/c1-3-13-27-23(31)17(2)29(16-18-8-6-9-19(26)15-18)22(30)12-7-14-28-24(32)20-10-4-5-11-21(20)25(28)33/h4-6,8-11,15,17H,3,7,12-14,16H2,1-2H3,(H,27,31). The van der Waals surface area contributed by atoms with Gasteiger partial charge in [-0.1, -0.05) is 47.1 Å². The fourth-order valence-electron chi connectivity index (χ4n) is 3.78. The Kier molecular flexibility index (Phi) is 8.38. The molecule has 33 heavy (non-hydrogen) atoms. The van der Waals surface area contributed by atoms with Gasteiger partial charge in [-0.25, -0.2) is 0 Å². The van der Waals surface area contributed by atoms with Gasteiger partial charge in [-0.15, -0.1) is 0 Å². The number of hydrogen-bond acceptors (Lipinski definition) is 4. The number of hydrogen-bond donors (Lipinski definition) is 1. The number of nitrogens with one attached hydrogen (secondary N) is 1.